The molecule has 4 aliphatic heterocycles. The molecule has 5 amide bonds. The molecule has 0 unspecified atom stereocenters. The van der Waals surface area contributed by atoms with E-state index in [1.165, 1.54) is 21.9 Å². The predicted octanol–water partition coefficient (Wildman–Crippen LogP) is 6.68. The van der Waals surface area contributed by atoms with Crippen molar-refractivity contribution in [2.45, 2.75) is 149 Å². The number of likely N-dealkylation sites (N-methyl/N-ethyl adjacent to an activating group) is 2. The SMILES string of the molecule is CC(C)(C)OC(=O)N1CC[C@H](O)C1.CC(C)(C)OC(=O)N1CC[C@H](OS(C)(=O)=O)C1.CCN(C(=O)Nc1ccc(C(F)(F)F)cc1)[C@@H]1CCN(C#N)C1.CCN[C@@H]1CCN(C(=O)OC(C)(C)C)C1. The number of halogens is 3. The highest BCUT2D eigenvalue weighted by Crippen LogP contribution is 2.30. The topological polar surface area (TPSA) is 224 Å². The molecule has 4 heterocycles. The molecule has 388 valence electrons. The number of carbonyl (C=O) groups is 4. The first-order chi connectivity index (χ1) is 31.2. The molecule has 0 aliphatic carbocycles. The number of urea groups is 1. The number of hydrogen-bond donors (Lipinski definition) is 3. The van der Waals surface area contributed by atoms with Gasteiger partial charge in [-0.15, -0.1) is 0 Å². The van der Waals surface area contributed by atoms with E-state index in [9.17, 15) is 45.9 Å². The van der Waals surface area contributed by atoms with Gasteiger partial charge in [0.1, 0.15) is 16.8 Å². The van der Waals surface area contributed by atoms with Gasteiger partial charge in [-0.3, -0.25) is 4.18 Å². The van der Waals surface area contributed by atoms with Gasteiger partial charge in [-0.1, -0.05) is 6.92 Å². The minimum Gasteiger partial charge on any atom is -0.444 e. The van der Waals surface area contributed by atoms with Crippen LogP contribution < -0.4 is 10.6 Å². The van der Waals surface area contributed by atoms with Crippen LogP contribution >= 0.6 is 0 Å². The molecule has 0 saturated carbocycles. The summed E-state index contributed by atoms with van der Waals surface area (Å²) in [6, 6.07) is 4.29. The normalized spacial score (nSPS) is 20.7. The molecule has 4 atom stereocenters. The number of anilines is 1. The lowest BCUT2D eigenvalue weighted by Crippen LogP contribution is -2.43. The first-order valence-corrected chi connectivity index (χ1v) is 24.7. The summed E-state index contributed by atoms with van der Waals surface area (Å²) in [5.41, 5.74) is -1.86. The second-order valence-corrected chi connectivity index (χ2v) is 21.4. The number of aliphatic hydroxyl groups excluding tert-OH is 1. The van der Waals surface area contributed by atoms with Gasteiger partial charge in [0.2, 0.25) is 0 Å². The highest BCUT2D eigenvalue weighted by Gasteiger charge is 2.34. The third-order valence-electron chi connectivity index (χ3n) is 10.1. The molecule has 23 heteroatoms. The zero-order valence-electron chi connectivity index (χ0n) is 41.8. The van der Waals surface area contributed by atoms with Crippen molar-refractivity contribution >= 4 is 40.1 Å². The molecule has 0 spiro atoms. The van der Waals surface area contributed by atoms with Crippen LogP contribution in [-0.2, 0) is 34.7 Å². The monoisotopic (exact) mass is 993 g/mol. The van der Waals surface area contributed by atoms with Crippen molar-refractivity contribution in [3.05, 3.63) is 29.8 Å². The van der Waals surface area contributed by atoms with Gasteiger partial charge in [0, 0.05) is 64.1 Å². The molecule has 1 aromatic rings. The maximum atomic E-state index is 12.5. The van der Waals surface area contributed by atoms with Crippen molar-refractivity contribution in [3.8, 4) is 6.19 Å². The smallest absolute Gasteiger partial charge is 0.416 e. The maximum Gasteiger partial charge on any atom is 0.416 e. The number of amides is 5. The number of nitrogens with one attached hydrogen (secondary N) is 2. The van der Waals surface area contributed by atoms with Gasteiger partial charge in [0.05, 0.1) is 36.6 Å². The number of ether oxygens (including phenoxy) is 3. The molecule has 0 bridgehead atoms. The fourth-order valence-corrected chi connectivity index (χ4v) is 7.73. The predicted molar refractivity (Wildman–Crippen MR) is 249 cm³/mol. The van der Waals surface area contributed by atoms with Gasteiger partial charge < -0.3 is 54.5 Å². The first-order valence-electron chi connectivity index (χ1n) is 22.9. The summed E-state index contributed by atoms with van der Waals surface area (Å²) >= 11 is 0. The molecule has 4 fully saturated rings. The summed E-state index contributed by atoms with van der Waals surface area (Å²) in [7, 11) is -3.47. The van der Waals surface area contributed by atoms with Gasteiger partial charge in [-0.2, -0.15) is 26.9 Å². The van der Waals surface area contributed by atoms with E-state index in [1.54, 1.807) is 35.5 Å². The fraction of sp³-hybridized carbons (Fsp3) is 0.756. The number of carbonyl (C=O) groups excluding carboxylic acids is 4. The Morgan fingerprint density at radius 3 is 1.65 bits per heavy atom. The molecule has 1 aromatic carbocycles. The largest absolute Gasteiger partial charge is 0.444 e. The molecule has 4 saturated heterocycles. The second kappa shape index (κ2) is 25.7. The molecule has 4 aliphatic rings. The van der Waals surface area contributed by atoms with E-state index in [0.29, 0.717) is 70.3 Å². The Morgan fingerprint density at radius 1 is 0.750 bits per heavy atom. The Bertz CT molecular complexity index is 1930. The number of β-amino-alcohol motifs (C(OH)–C–C–N with tert-alkyl or cyclic N) is 1. The van der Waals surface area contributed by atoms with Crippen molar-refractivity contribution in [2.75, 3.05) is 77.0 Å². The number of likely N-dealkylation sites (tertiary alicyclic amines) is 4. The fourth-order valence-electron chi connectivity index (χ4n) is 7.08. The Kier molecular flexibility index (Phi) is 22.4. The van der Waals surface area contributed by atoms with Gasteiger partial charge in [-0.25, -0.2) is 19.2 Å². The summed E-state index contributed by atoms with van der Waals surface area (Å²) in [6.45, 7) is 26.2. The third kappa shape index (κ3) is 23.0. The molecule has 5 rings (SSSR count). The van der Waals surface area contributed by atoms with E-state index in [4.69, 9.17) is 23.7 Å². The number of benzene rings is 1. The number of aliphatic hydroxyl groups is 1. The molecule has 3 N–H and O–H groups in total. The van der Waals surface area contributed by atoms with Crippen LogP contribution in [0.1, 0.15) is 107 Å². The lowest BCUT2D eigenvalue weighted by molar-refractivity contribution is -0.137. The van der Waals surface area contributed by atoms with Crippen LogP contribution in [-0.4, -0.2) is 175 Å². The van der Waals surface area contributed by atoms with Gasteiger partial charge >= 0.3 is 30.5 Å². The van der Waals surface area contributed by atoms with Crippen LogP contribution in [0.4, 0.5) is 38.0 Å². The van der Waals surface area contributed by atoms with Crippen LogP contribution in [0.3, 0.4) is 0 Å². The van der Waals surface area contributed by atoms with Crippen LogP contribution in [0, 0.1) is 11.5 Å². The van der Waals surface area contributed by atoms with Crippen molar-refractivity contribution in [1.82, 2.24) is 29.8 Å². The summed E-state index contributed by atoms with van der Waals surface area (Å²) in [6.07, 6.45) is -0.269. The average molecular weight is 993 g/mol. The van der Waals surface area contributed by atoms with Crippen molar-refractivity contribution in [1.29, 1.82) is 5.26 Å². The highest BCUT2D eigenvalue weighted by atomic mass is 32.2. The van der Waals surface area contributed by atoms with Crippen LogP contribution in [0.5, 0.6) is 0 Å². The van der Waals surface area contributed by atoms with Gasteiger partial charge in [0.25, 0.3) is 10.1 Å². The molecule has 0 aromatic heterocycles. The van der Waals surface area contributed by atoms with Crippen LogP contribution in [0.25, 0.3) is 0 Å². The second-order valence-electron chi connectivity index (χ2n) is 19.8. The van der Waals surface area contributed by atoms with Crippen molar-refractivity contribution < 1.29 is 64.3 Å². The number of nitriles is 1. The summed E-state index contributed by atoms with van der Waals surface area (Å²) in [5.74, 6) is 0. The van der Waals surface area contributed by atoms with Crippen LogP contribution in [0.2, 0.25) is 0 Å². The third-order valence-corrected chi connectivity index (χ3v) is 10.7. The maximum absolute atomic E-state index is 12.5. The lowest BCUT2D eigenvalue weighted by Gasteiger charge is -2.27. The van der Waals surface area contributed by atoms with Crippen molar-refractivity contribution in [3.63, 3.8) is 0 Å². The number of hydrogen-bond acceptors (Lipinski definition) is 14. The quantitative estimate of drug-likeness (QED) is 0.147. The average Bonchev–Trinajstić information content (AvgIpc) is 4.02. The lowest BCUT2D eigenvalue weighted by atomic mass is 10.2. The van der Waals surface area contributed by atoms with E-state index in [0.717, 1.165) is 44.4 Å². The number of nitrogens with zero attached hydrogens (tertiary/aromatic N) is 6. The highest BCUT2D eigenvalue weighted by molar-refractivity contribution is 7.86. The first kappa shape index (κ1) is 59.3. The molecule has 0 radical (unpaired) electrons. The summed E-state index contributed by atoms with van der Waals surface area (Å²) < 4.78 is 79.9. The number of rotatable bonds is 7. The Labute approximate surface area is 400 Å². The molecular formula is C45H75F3N8O11S. The summed E-state index contributed by atoms with van der Waals surface area (Å²) in [4.78, 5) is 55.0. The zero-order chi connectivity index (χ0) is 51.8. The van der Waals surface area contributed by atoms with E-state index in [1.807, 2.05) is 48.5 Å². The molecule has 19 nitrogen and oxygen atoms in total. The Hall–Kier alpha value is -4.79. The van der Waals surface area contributed by atoms with Gasteiger partial charge in [0.15, 0.2) is 6.19 Å². The summed E-state index contributed by atoms with van der Waals surface area (Å²) in [5, 5.41) is 24.0. The van der Waals surface area contributed by atoms with Gasteiger partial charge in [-0.05, 0) is 126 Å². The van der Waals surface area contributed by atoms with E-state index in [2.05, 4.69) is 23.8 Å². The minimum atomic E-state index is -4.40. The standard InChI is InChI=1S/C15H17F3N4O.C11H22N2O2.C10H19NO5S.C9H17NO3/c1-2-22(13-7-8-21(9-13)10-19)14(23)20-12-5-3-11(4-6-12)15(16,17)18;1-5-12-9-6-7-13(8-9)10(14)15-11(2,3)4;1-10(2,3)15-9(12)11-6-5-8(7-11)16-17(4,13)14;1-9(2,3)13-8(12)10-5-4-7(11)6-10/h3-6,13H,2,7-9H2,1H3,(H,20,23);9,12H,5-8H2,1-4H3;8H,5-7H2,1-4H3;7,11H,4-6H2,1-3H3/t13-;9-;8-;7-/m1100/s1. The van der Waals surface area contributed by atoms with Crippen LogP contribution in [0.15, 0.2) is 24.3 Å². The van der Waals surface area contributed by atoms with Crippen molar-refractivity contribution in [2.24, 2.45) is 0 Å². The Balaban J connectivity index is 0.000000319. The van der Waals surface area contributed by atoms with E-state index in [-0.39, 0.29) is 36.9 Å². The van der Waals surface area contributed by atoms with E-state index < -0.39 is 50.9 Å². The number of alkyl halides is 3. The minimum absolute atomic E-state index is 0.0749. The Morgan fingerprint density at radius 2 is 1.24 bits per heavy atom. The molecule has 68 heavy (non-hydrogen) atoms. The molecular weight excluding hydrogens is 918 g/mol. The zero-order valence-corrected chi connectivity index (χ0v) is 42.6. The van der Waals surface area contributed by atoms with E-state index >= 15 is 0 Å².